The average molecular weight is 405 g/mol. The van der Waals surface area contributed by atoms with Crippen molar-refractivity contribution < 1.29 is 8.42 Å². The van der Waals surface area contributed by atoms with Crippen molar-refractivity contribution in [3.05, 3.63) is 46.2 Å². The first-order valence-electron chi connectivity index (χ1n) is 9.86. The summed E-state index contributed by atoms with van der Waals surface area (Å²) < 4.78 is 27.7. The fourth-order valence-corrected chi connectivity index (χ4v) is 8.23. The molecule has 27 heavy (non-hydrogen) atoms. The molecule has 0 radical (unpaired) electrons. The zero-order chi connectivity index (χ0) is 19.0. The summed E-state index contributed by atoms with van der Waals surface area (Å²) in [6.45, 7) is 3.91. The van der Waals surface area contributed by atoms with Gasteiger partial charge in [-0.05, 0) is 99.8 Å². The first-order chi connectivity index (χ1) is 12.8. The van der Waals surface area contributed by atoms with Gasteiger partial charge >= 0.3 is 0 Å². The van der Waals surface area contributed by atoms with E-state index in [-0.39, 0.29) is 10.3 Å². The Hall–Kier alpha value is -1.33. The molecule has 1 aromatic heterocycles. The number of halogens is 1. The van der Waals surface area contributed by atoms with Gasteiger partial charge in [0, 0.05) is 10.6 Å². The van der Waals surface area contributed by atoms with Gasteiger partial charge in [-0.3, -0.25) is 0 Å². The highest BCUT2D eigenvalue weighted by atomic mass is 35.5. The summed E-state index contributed by atoms with van der Waals surface area (Å²) in [5.74, 6) is 2.43. The first kappa shape index (κ1) is 17.7. The molecule has 0 N–H and O–H groups in total. The molecule has 4 fully saturated rings. The fraction of sp³-hybridized carbons (Fsp3) is 0.571. The van der Waals surface area contributed by atoms with Gasteiger partial charge < -0.3 is 0 Å². The number of benzene rings is 1. The summed E-state index contributed by atoms with van der Waals surface area (Å²) in [5.41, 5.74) is 3.02. The molecule has 4 aliphatic carbocycles. The first-order valence-corrected chi connectivity index (χ1v) is 11.7. The van der Waals surface area contributed by atoms with Gasteiger partial charge in [-0.15, -0.1) is 0 Å². The van der Waals surface area contributed by atoms with E-state index in [2.05, 4.69) is 5.10 Å². The van der Waals surface area contributed by atoms with E-state index >= 15 is 0 Å². The summed E-state index contributed by atoms with van der Waals surface area (Å²) in [6.07, 6.45) is 7.71. The zero-order valence-electron chi connectivity index (χ0n) is 15.8. The Labute approximate surface area is 166 Å². The number of aromatic nitrogens is 2. The minimum absolute atomic E-state index is 0.136. The molecule has 0 saturated heterocycles. The molecule has 2 aromatic rings. The zero-order valence-corrected chi connectivity index (χ0v) is 17.4. The van der Waals surface area contributed by atoms with Crippen LogP contribution in [0.1, 0.15) is 55.5 Å². The molecular weight excluding hydrogens is 380 g/mol. The Kier molecular flexibility index (Phi) is 3.84. The van der Waals surface area contributed by atoms with Crippen molar-refractivity contribution in [2.75, 3.05) is 0 Å². The molecule has 0 amide bonds. The minimum Gasteiger partial charge on any atom is -0.199 e. The summed E-state index contributed by atoms with van der Waals surface area (Å²) in [5, 5.41) is 5.06. The van der Waals surface area contributed by atoms with Gasteiger partial charge in [0.1, 0.15) is 0 Å². The molecule has 0 spiro atoms. The lowest BCUT2D eigenvalue weighted by atomic mass is 9.48. The maximum atomic E-state index is 13.2. The van der Waals surface area contributed by atoms with Crippen LogP contribution in [0.4, 0.5) is 0 Å². The summed E-state index contributed by atoms with van der Waals surface area (Å²) >= 11 is 5.93. The second kappa shape index (κ2) is 5.84. The summed E-state index contributed by atoms with van der Waals surface area (Å²) in [6, 6.07) is 6.33. The van der Waals surface area contributed by atoms with Crippen LogP contribution in [0.25, 0.3) is 0 Å². The highest BCUT2D eigenvalue weighted by Gasteiger charge is 2.53. The Balaban J connectivity index is 1.61. The van der Waals surface area contributed by atoms with Gasteiger partial charge in [0.05, 0.1) is 16.3 Å². The predicted molar refractivity (Wildman–Crippen MR) is 106 cm³/mol. The molecule has 144 valence electrons. The van der Waals surface area contributed by atoms with Gasteiger partial charge in [0.15, 0.2) is 0 Å². The second-order valence-electron chi connectivity index (χ2n) is 9.05. The third-order valence-electron chi connectivity index (χ3n) is 7.16. The van der Waals surface area contributed by atoms with Crippen molar-refractivity contribution in [3.63, 3.8) is 0 Å². The van der Waals surface area contributed by atoms with Crippen molar-refractivity contribution in [3.8, 4) is 0 Å². The van der Waals surface area contributed by atoms with E-state index in [1.807, 2.05) is 13.8 Å². The number of hydrogen-bond donors (Lipinski definition) is 0. The maximum absolute atomic E-state index is 13.2. The topological polar surface area (TPSA) is 52.0 Å². The van der Waals surface area contributed by atoms with E-state index < -0.39 is 10.0 Å². The van der Waals surface area contributed by atoms with Crippen LogP contribution in [0.2, 0.25) is 5.02 Å². The lowest BCUT2D eigenvalue weighted by Gasteiger charge is -2.57. The van der Waals surface area contributed by atoms with Crippen molar-refractivity contribution >= 4 is 21.6 Å². The lowest BCUT2D eigenvalue weighted by Crippen LogP contribution is -2.49. The molecule has 0 aliphatic heterocycles. The summed E-state index contributed by atoms with van der Waals surface area (Å²) in [7, 11) is -3.71. The molecular formula is C21H25ClN2O2S. The highest BCUT2D eigenvalue weighted by molar-refractivity contribution is 7.89. The number of nitrogens with zero attached hydrogens (tertiary/aromatic N) is 2. The molecule has 1 aromatic carbocycles. The predicted octanol–water partition coefficient (Wildman–Crippen LogP) is 4.86. The van der Waals surface area contributed by atoms with Gasteiger partial charge in [0.25, 0.3) is 10.0 Å². The molecule has 6 heteroatoms. The minimum atomic E-state index is -3.71. The average Bonchev–Trinajstić information content (AvgIpc) is 2.90. The SMILES string of the molecule is Cc1nn(S(=O)(=O)c2ccc(Cl)cc2)c(C)c1C12CC3CC(CC(C3)C1)C2. The van der Waals surface area contributed by atoms with E-state index in [1.165, 1.54) is 48.2 Å². The van der Waals surface area contributed by atoms with Gasteiger partial charge in [0.2, 0.25) is 0 Å². The van der Waals surface area contributed by atoms with Crippen LogP contribution in [-0.4, -0.2) is 17.6 Å². The third-order valence-corrected chi connectivity index (χ3v) is 9.09. The molecule has 4 saturated carbocycles. The monoisotopic (exact) mass is 404 g/mol. The number of rotatable bonds is 3. The molecule has 4 nitrogen and oxygen atoms in total. The highest BCUT2D eigenvalue weighted by Crippen LogP contribution is 2.61. The molecule has 4 aliphatic rings. The van der Waals surface area contributed by atoms with E-state index in [4.69, 9.17) is 11.6 Å². The van der Waals surface area contributed by atoms with Gasteiger partial charge in [-0.2, -0.15) is 17.6 Å². The smallest absolute Gasteiger partial charge is 0.199 e. The number of hydrogen-bond acceptors (Lipinski definition) is 3. The lowest BCUT2D eigenvalue weighted by molar-refractivity contribution is -0.00574. The van der Waals surface area contributed by atoms with E-state index in [1.54, 1.807) is 24.3 Å². The second-order valence-corrected chi connectivity index (χ2v) is 11.2. The van der Waals surface area contributed by atoms with Crippen molar-refractivity contribution in [2.24, 2.45) is 17.8 Å². The van der Waals surface area contributed by atoms with Crippen molar-refractivity contribution in [1.29, 1.82) is 0 Å². The molecule has 6 rings (SSSR count). The Bertz CT molecular complexity index is 972. The van der Waals surface area contributed by atoms with E-state index in [9.17, 15) is 8.42 Å². The molecule has 1 heterocycles. The van der Waals surface area contributed by atoms with Crippen molar-refractivity contribution in [2.45, 2.75) is 62.7 Å². The van der Waals surface area contributed by atoms with Crippen molar-refractivity contribution in [1.82, 2.24) is 9.19 Å². The van der Waals surface area contributed by atoms with Gasteiger partial charge in [-0.25, -0.2) is 0 Å². The maximum Gasteiger partial charge on any atom is 0.283 e. The van der Waals surface area contributed by atoms with Crippen LogP contribution in [0.15, 0.2) is 29.2 Å². The van der Waals surface area contributed by atoms with Crippen LogP contribution < -0.4 is 0 Å². The van der Waals surface area contributed by atoms with Crippen LogP contribution in [-0.2, 0) is 15.4 Å². The molecule has 4 bridgehead atoms. The quantitative estimate of drug-likeness (QED) is 0.734. The van der Waals surface area contributed by atoms with Crippen LogP contribution in [0.5, 0.6) is 0 Å². The normalized spacial score (nSPS) is 32.2. The van der Waals surface area contributed by atoms with Gasteiger partial charge in [-0.1, -0.05) is 11.6 Å². The van der Waals surface area contributed by atoms with E-state index in [0.717, 1.165) is 29.1 Å². The van der Waals surface area contributed by atoms with Crippen LogP contribution >= 0.6 is 11.6 Å². The van der Waals surface area contributed by atoms with Crippen LogP contribution in [0, 0.1) is 31.6 Å². The standard InChI is InChI=1S/C21H25ClN2O2S/c1-13-20(21-10-15-7-16(11-21)9-17(8-15)12-21)14(2)24(23-13)27(25,26)19-5-3-18(22)4-6-19/h3-6,15-17H,7-12H2,1-2H3. The number of aryl methyl sites for hydroxylation is 1. The largest absolute Gasteiger partial charge is 0.283 e. The molecule has 0 unspecified atom stereocenters. The molecule has 0 atom stereocenters. The summed E-state index contributed by atoms with van der Waals surface area (Å²) in [4.78, 5) is 0.231. The Morgan fingerprint density at radius 2 is 1.52 bits per heavy atom. The van der Waals surface area contributed by atoms with Crippen LogP contribution in [0.3, 0.4) is 0 Å². The fourth-order valence-electron chi connectivity index (χ4n) is 6.74. The Morgan fingerprint density at radius 3 is 2.04 bits per heavy atom. The van der Waals surface area contributed by atoms with E-state index in [0.29, 0.717) is 5.02 Å². The third kappa shape index (κ3) is 2.61. The Morgan fingerprint density at radius 1 is 1.00 bits per heavy atom.